The van der Waals surface area contributed by atoms with E-state index in [2.05, 4.69) is 17.1 Å². The molecule has 0 saturated carbocycles. The zero-order chi connectivity index (χ0) is 12.1. The Morgan fingerprint density at radius 3 is 3.00 bits per heavy atom. The summed E-state index contributed by atoms with van der Waals surface area (Å²) < 4.78 is 0. The van der Waals surface area contributed by atoms with E-state index in [1.165, 1.54) is 25.7 Å². The second kappa shape index (κ2) is 6.64. The molecule has 0 spiro atoms. The minimum Gasteiger partial charge on any atom is -0.341 e. The molecule has 2 aliphatic heterocycles. The van der Waals surface area contributed by atoms with Crippen LogP contribution in [0, 0.1) is 5.92 Å². The summed E-state index contributed by atoms with van der Waals surface area (Å²) >= 11 is 1.90. The molecule has 0 aliphatic carbocycles. The summed E-state index contributed by atoms with van der Waals surface area (Å²) in [6.45, 7) is 5.19. The van der Waals surface area contributed by atoms with E-state index in [-0.39, 0.29) is 6.04 Å². The average molecular weight is 256 g/mol. The first kappa shape index (κ1) is 13.2. The zero-order valence-electron chi connectivity index (χ0n) is 10.8. The van der Waals surface area contributed by atoms with Gasteiger partial charge < -0.3 is 10.2 Å². The molecule has 1 amide bonds. The summed E-state index contributed by atoms with van der Waals surface area (Å²) in [5.74, 6) is 3.27. The topological polar surface area (TPSA) is 32.3 Å². The number of nitrogens with one attached hydrogen (secondary N) is 1. The van der Waals surface area contributed by atoms with E-state index >= 15 is 0 Å². The van der Waals surface area contributed by atoms with Crippen LogP contribution in [0.15, 0.2) is 0 Å². The Morgan fingerprint density at radius 2 is 2.29 bits per heavy atom. The van der Waals surface area contributed by atoms with Crippen molar-refractivity contribution < 1.29 is 4.79 Å². The lowest BCUT2D eigenvalue weighted by Gasteiger charge is -2.29. The van der Waals surface area contributed by atoms with Crippen molar-refractivity contribution in [3.63, 3.8) is 0 Å². The monoisotopic (exact) mass is 256 g/mol. The predicted octanol–water partition coefficient (Wildman–Crippen LogP) is 1.73. The summed E-state index contributed by atoms with van der Waals surface area (Å²) in [4.78, 5) is 14.4. The van der Waals surface area contributed by atoms with Gasteiger partial charge in [0.2, 0.25) is 5.91 Å². The molecule has 2 heterocycles. The fourth-order valence-electron chi connectivity index (χ4n) is 2.74. The lowest BCUT2D eigenvalue weighted by Crippen LogP contribution is -2.50. The molecule has 2 fully saturated rings. The van der Waals surface area contributed by atoms with Crippen molar-refractivity contribution in [3.8, 4) is 0 Å². The van der Waals surface area contributed by atoms with Gasteiger partial charge in [0.05, 0.1) is 6.04 Å². The van der Waals surface area contributed by atoms with Crippen LogP contribution in [0.2, 0.25) is 0 Å². The molecule has 2 unspecified atom stereocenters. The lowest BCUT2D eigenvalue weighted by molar-refractivity contribution is -0.132. The highest BCUT2D eigenvalue weighted by molar-refractivity contribution is 7.99. The minimum absolute atomic E-state index is 0.0759. The maximum absolute atomic E-state index is 12.4. The van der Waals surface area contributed by atoms with Gasteiger partial charge in [0.25, 0.3) is 0 Å². The molecular formula is C13H24N2OS. The van der Waals surface area contributed by atoms with Crippen LogP contribution in [0.4, 0.5) is 0 Å². The fourth-order valence-corrected chi connectivity index (χ4v) is 3.66. The summed E-state index contributed by atoms with van der Waals surface area (Å²) in [7, 11) is 0. The van der Waals surface area contributed by atoms with Crippen LogP contribution in [-0.4, -0.2) is 48.0 Å². The van der Waals surface area contributed by atoms with Crippen molar-refractivity contribution in [1.29, 1.82) is 0 Å². The molecule has 0 aromatic rings. The van der Waals surface area contributed by atoms with Crippen molar-refractivity contribution in [1.82, 2.24) is 10.2 Å². The normalized spacial score (nSPS) is 31.0. The second-order valence-corrected chi connectivity index (χ2v) is 6.26. The number of hydrogen-bond donors (Lipinski definition) is 1. The van der Waals surface area contributed by atoms with Crippen molar-refractivity contribution in [2.45, 2.75) is 38.6 Å². The van der Waals surface area contributed by atoms with Gasteiger partial charge in [0, 0.05) is 31.1 Å². The van der Waals surface area contributed by atoms with Crippen molar-refractivity contribution in [3.05, 3.63) is 0 Å². The Kier molecular flexibility index (Phi) is 5.16. The largest absolute Gasteiger partial charge is 0.341 e. The molecule has 0 aromatic carbocycles. The molecule has 0 radical (unpaired) electrons. The number of hydrogen-bond acceptors (Lipinski definition) is 3. The predicted molar refractivity (Wildman–Crippen MR) is 73.3 cm³/mol. The molecule has 0 bridgehead atoms. The number of carbonyl (C=O) groups excluding carboxylic acids is 1. The van der Waals surface area contributed by atoms with E-state index in [0.29, 0.717) is 5.91 Å². The standard InChI is InChI=1S/C13H24N2OS/c1-2-11-4-3-7-15(8-5-11)13(16)12-10-17-9-6-14-12/h11-12,14H,2-10H2,1H3. The van der Waals surface area contributed by atoms with Gasteiger partial charge in [-0.05, 0) is 25.2 Å². The Bertz CT molecular complexity index is 254. The van der Waals surface area contributed by atoms with Crippen molar-refractivity contribution >= 4 is 17.7 Å². The van der Waals surface area contributed by atoms with Gasteiger partial charge in [-0.1, -0.05) is 13.3 Å². The number of nitrogens with zero attached hydrogens (tertiary/aromatic N) is 1. The molecule has 4 heteroatoms. The smallest absolute Gasteiger partial charge is 0.240 e. The molecule has 2 rings (SSSR count). The van der Waals surface area contributed by atoms with Crippen LogP contribution in [0.25, 0.3) is 0 Å². The van der Waals surface area contributed by atoms with E-state index in [9.17, 15) is 4.79 Å². The highest BCUT2D eigenvalue weighted by Gasteiger charge is 2.27. The number of thioether (sulfide) groups is 1. The van der Waals surface area contributed by atoms with Crippen molar-refractivity contribution in [2.24, 2.45) is 5.92 Å². The first-order valence-corrected chi connectivity index (χ1v) is 8.06. The summed E-state index contributed by atoms with van der Waals surface area (Å²) in [5, 5.41) is 3.35. The molecular weight excluding hydrogens is 232 g/mol. The third-order valence-electron chi connectivity index (χ3n) is 3.96. The van der Waals surface area contributed by atoms with Crippen LogP contribution >= 0.6 is 11.8 Å². The Balaban J connectivity index is 1.85. The first-order valence-electron chi connectivity index (χ1n) is 6.91. The summed E-state index contributed by atoms with van der Waals surface area (Å²) in [5.41, 5.74) is 0. The van der Waals surface area contributed by atoms with E-state index in [0.717, 1.165) is 37.1 Å². The minimum atomic E-state index is 0.0759. The molecule has 2 atom stereocenters. The molecule has 17 heavy (non-hydrogen) atoms. The Morgan fingerprint density at radius 1 is 1.41 bits per heavy atom. The van der Waals surface area contributed by atoms with Crippen LogP contribution in [0.5, 0.6) is 0 Å². The third kappa shape index (κ3) is 3.62. The van der Waals surface area contributed by atoms with Gasteiger partial charge >= 0.3 is 0 Å². The zero-order valence-corrected chi connectivity index (χ0v) is 11.6. The van der Waals surface area contributed by atoms with Gasteiger partial charge in [-0.15, -0.1) is 0 Å². The van der Waals surface area contributed by atoms with Gasteiger partial charge in [-0.3, -0.25) is 4.79 Å². The molecule has 2 saturated heterocycles. The quantitative estimate of drug-likeness (QED) is 0.816. The fraction of sp³-hybridized carbons (Fsp3) is 0.923. The Hall–Kier alpha value is -0.220. The SMILES string of the molecule is CCC1CCCN(C(=O)C2CSCCN2)CC1. The van der Waals surface area contributed by atoms with E-state index in [1.54, 1.807) is 0 Å². The van der Waals surface area contributed by atoms with E-state index < -0.39 is 0 Å². The molecule has 3 nitrogen and oxygen atoms in total. The van der Waals surface area contributed by atoms with Gasteiger partial charge in [-0.25, -0.2) is 0 Å². The third-order valence-corrected chi connectivity index (χ3v) is 5.02. The Labute approximate surface area is 109 Å². The maximum Gasteiger partial charge on any atom is 0.240 e. The van der Waals surface area contributed by atoms with E-state index in [1.807, 2.05) is 11.8 Å². The van der Waals surface area contributed by atoms with Gasteiger partial charge in [-0.2, -0.15) is 11.8 Å². The number of amides is 1. The van der Waals surface area contributed by atoms with Crippen molar-refractivity contribution in [2.75, 3.05) is 31.1 Å². The highest BCUT2D eigenvalue weighted by Crippen LogP contribution is 2.21. The number of likely N-dealkylation sites (tertiary alicyclic amines) is 1. The maximum atomic E-state index is 12.4. The van der Waals surface area contributed by atoms with Gasteiger partial charge in [0.15, 0.2) is 0 Å². The summed E-state index contributed by atoms with van der Waals surface area (Å²) in [6.07, 6.45) is 4.94. The molecule has 2 aliphatic rings. The van der Waals surface area contributed by atoms with Gasteiger partial charge in [0.1, 0.15) is 0 Å². The molecule has 1 N–H and O–H groups in total. The lowest BCUT2D eigenvalue weighted by atomic mass is 9.98. The number of carbonyl (C=O) groups is 1. The molecule has 98 valence electrons. The summed E-state index contributed by atoms with van der Waals surface area (Å²) in [6, 6.07) is 0.0759. The average Bonchev–Trinajstić information content (AvgIpc) is 2.64. The van der Waals surface area contributed by atoms with E-state index in [4.69, 9.17) is 0 Å². The highest BCUT2D eigenvalue weighted by atomic mass is 32.2. The second-order valence-electron chi connectivity index (χ2n) is 5.11. The van der Waals surface area contributed by atoms with Crippen LogP contribution < -0.4 is 5.32 Å². The van der Waals surface area contributed by atoms with Crippen LogP contribution in [-0.2, 0) is 4.79 Å². The van der Waals surface area contributed by atoms with Crippen LogP contribution in [0.3, 0.4) is 0 Å². The van der Waals surface area contributed by atoms with Crippen LogP contribution in [0.1, 0.15) is 32.6 Å². The molecule has 0 aromatic heterocycles. The number of rotatable bonds is 2. The first-order chi connectivity index (χ1) is 8.31.